The predicted molar refractivity (Wildman–Crippen MR) is 117 cm³/mol. The van der Waals surface area contributed by atoms with Gasteiger partial charge in [0.25, 0.3) is 25.7 Å². The number of nitrogens with one attached hydrogen (secondary N) is 2. The Bertz CT molecular complexity index is 1460. The van der Waals surface area contributed by atoms with E-state index >= 15 is 0 Å². The molecule has 0 aliphatic carbocycles. The number of halogens is 3. The molecule has 0 amide bonds. The third-order valence-corrected chi connectivity index (χ3v) is 7.32. The van der Waals surface area contributed by atoms with Crippen molar-refractivity contribution in [3.8, 4) is 0 Å². The van der Waals surface area contributed by atoms with Crippen LogP contribution in [0.2, 0.25) is 0 Å². The van der Waals surface area contributed by atoms with Crippen LogP contribution in [0.15, 0.2) is 76.5 Å². The van der Waals surface area contributed by atoms with Crippen LogP contribution in [0.3, 0.4) is 0 Å². The summed E-state index contributed by atoms with van der Waals surface area (Å²) < 4.78 is 92.9. The maximum absolute atomic E-state index is 12.8. The molecule has 2 N–H and O–H groups in total. The van der Waals surface area contributed by atoms with Crippen molar-refractivity contribution in [1.29, 1.82) is 0 Å². The van der Waals surface area contributed by atoms with Gasteiger partial charge in [0, 0.05) is 23.0 Å². The van der Waals surface area contributed by atoms with Gasteiger partial charge in [0.15, 0.2) is 0 Å². The van der Waals surface area contributed by atoms with Gasteiger partial charge in [-0.1, -0.05) is 12.1 Å². The highest BCUT2D eigenvalue weighted by atomic mass is 32.2. The lowest BCUT2D eigenvalue weighted by molar-refractivity contribution is -0.385. The van der Waals surface area contributed by atoms with E-state index in [1.165, 1.54) is 19.1 Å². The first-order chi connectivity index (χ1) is 15.7. The quantitative estimate of drug-likeness (QED) is 0.351. The van der Waals surface area contributed by atoms with Crippen LogP contribution in [0.25, 0.3) is 0 Å². The summed E-state index contributed by atoms with van der Waals surface area (Å²) in [5, 5.41) is 11.1. The number of alkyl halides is 3. The number of aryl methyl sites for hydroxylation is 1. The summed E-state index contributed by atoms with van der Waals surface area (Å²) in [4.78, 5) is 9.64. The average molecular weight is 515 g/mol. The molecule has 0 unspecified atom stereocenters. The Morgan fingerprint density at radius 2 is 1.35 bits per heavy atom. The van der Waals surface area contributed by atoms with Crippen molar-refractivity contribution in [3.05, 3.63) is 88.0 Å². The molecule has 0 saturated carbocycles. The third-order valence-electron chi connectivity index (χ3n) is 4.55. The van der Waals surface area contributed by atoms with Gasteiger partial charge < -0.3 is 0 Å². The summed E-state index contributed by atoms with van der Waals surface area (Å²) in [6, 6.07) is 11.3. The molecular weight excluding hydrogens is 499 g/mol. The number of nitro benzene ring substituents is 1. The van der Waals surface area contributed by atoms with Crippen LogP contribution in [-0.2, 0) is 26.2 Å². The molecule has 180 valence electrons. The Labute approximate surface area is 192 Å². The Morgan fingerprint density at radius 3 is 1.94 bits per heavy atom. The van der Waals surface area contributed by atoms with E-state index in [2.05, 4.69) is 4.72 Å². The van der Waals surface area contributed by atoms with E-state index in [-0.39, 0.29) is 32.4 Å². The lowest BCUT2D eigenvalue weighted by atomic mass is 10.2. The van der Waals surface area contributed by atoms with Crippen molar-refractivity contribution in [2.75, 3.05) is 9.44 Å². The van der Waals surface area contributed by atoms with Crippen molar-refractivity contribution < 1.29 is 34.9 Å². The molecule has 0 aliphatic heterocycles. The highest BCUT2D eigenvalue weighted by Crippen LogP contribution is 2.31. The molecule has 0 saturated heterocycles. The van der Waals surface area contributed by atoms with E-state index in [4.69, 9.17) is 0 Å². The Kier molecular flexibility index (Phi) is 6.57. The van der Waals surface area contributed by atoms with Crippen LogP contribution in [0, 0.1) is 17.0 Å². The molecule has 0 heterocycles. The largest absolute Gasteiger partial charge is 0.416 e. The standard InChI is InChI=1S/C20H16F3N3O6S2/c1-13-5-8-18(12-19(13)26(27)28)34(31,32)24-15-6-9-17(10-7-15)33(29,30)25-16-4-2-3-14(11-16)20(21,22)23/h2-12,24-25H,1H3. The molecule has 0 aliphatic rings. The Hall–Kier alpha value is -3.65. The molecule has 3 aromatic carbocycles. The molecule has 9 nitrogen and oxygen atoms in total. The predicted octanol–water partition coefficient (Wildman–Crippen LogP) is 4.52. The normalized spacial score (nSPS) is 12.2. The minimum Gasteiger partial charge on any atom is -0.280 e. The number of benzene rings is 3. The monoisotopic (exact) mass is 515 g/mol. The number of hydrogen-bond acceptors (Lipinski definition) is 6. The molecule has 0 atom stereocenters. The van der Waals surface area contributed by atoms with Gasteiger partial charge in [-0.05, 0) is 55.5 Å². The number of nitrogens with zero attached hydrogens (tertiary/aromatic N) is 1. The molecule has 3 rings (SSSR count). The van der Waals surface area contributed by atoms with Crippen LogP contribution in [0.4, 0.5) is 30.2 Å². The zero-order chi connectivity index (χ0) is 25.3. The van der Waals surface area contributed by atoms with Gasteiger partial charge in [-0.15, -0.1) is 0 Å². The van der Waals surface area contributed by atoms with E-state index in [0.29, 0.717) is 6.07 Å². The average Bonchev–Trinajstić information content (AvgIpc) is 2.73. The summed E-state index contributed by atoms with van der Waals surface area (Å²) in [5.41, 5.74) is -1.49. The van der Waals surface area contributed by atoms with E-state index in [1.807, 2.05) is 4.72 Å². The second-order valence-electron chi connectivity index (χ2n) is 7.02. The Morgan fingerprint density at radius 1 is 0.794 bits per heavy atom. The zero-order valence-corrected chi connectivity index (χ0v) is 18.8. The highest BCUT2D eigenvalue weighted by molar-refractivity contribution is 7.93. The van der Waals surface area contributed by atoms with E-state index in [1.54, 1.807) is 0 Å². The molecule has 0 aromatic heterocycles. The molecule has 0 radical (unpaired) electrons. The van der Waals surface area contributed by atoms with Crippen molar-refractivity contribution >= 4 is 37.1 Å². The summed E-state index contributed by atoms with van der Waals surface area (Å²) in [7, 11) is -8.51. The molecule has 0 bridgehead atoms. The Balaban J connectivity index is 1.81. The second kappa shape index (κ2) is 8.95. The molecule has 34 heavy (non-hydrogen) atoms. The van der Waals surface area contributed by atoms with Crippen LogP contribution >= 0.6 is 0 Å². The van der Waals surface area contributed by atoms with Crippen molar-refractivity contribution in [3.63, 3.8) is 0 Å². The van der Waals surface area contributed by atoms with Gasteiger partial charge >= 0.3 is 6.18 Å². The first-order valence-electron chi connectivity index (χ1n) is 9.27. The van der Waals surface area contributed by atoms with Crippen LogP contribution < -0.4 is 9.44 Å². The number of anilines is 2. The van der Waals surface area contributed by atoms with Gasteiger partial charge in [0.05, 0.1) is 20.3 Å². The number of hydrogen-bond donors (Lipinski definition) is 2. The summed E-state index contributed by atoms with van der Waals surface area (Å²) >= 11 is 0. The highest BCUT2D eigenvalue weighted by Gasteiger charge is 2.30. The van der Waals surface area contributed by atoms with E-state index < -0.39 is 36.7 Å². The van der Waals surface area contributed by atoms with Crippen molar-refractivity contribution in [1.82, 2.24) is 0 Å². The van der Waals surface area contributed by atoms with Gasteiger partial charge in [-0.3, -0.25) is 19.6 Å². The van der Waals surface area contributed by atoms with Crippen LogP contribution in [0.1, 0.15) is 11.1 Å². The first kappa shape index (κ1) is 25.0. The van der Waals surface area contributed by atoms with Crippen molar-refractivity contribution in [2.24, 2.45) is 0 Å². The topological polar surface area (TPSA) is 135 Å². The van der Waals surface area contributed by atoms with Crippen LogP contribution in [-0.4, -0.2) is 21.8 Å². The van der Waals surface area contributed by atoms with Crippen molar-refractivity contribution in [2.45, 2.75) is 22.9 Å². The van der Waals surface area contributed by atoms with Gasteiger partial charge in [-0.2, -0.15) is 13.2 Å². The minimum atomic E-state index is -4.65. The first-order valence-corrected chi connectivity index (χ1v) is 12.2. The maximum atomic E-state index is 12.8. The van der Waals surface area contributed by atoms with Gasteiger partial charge in [0.2, 0.25) is 0 Å². The maximum Gasteiger partial charge on any atom is 0.416 e. The molecular formula is C20H16F3N3O6S2. The fourth-order valence-corrected chi connectivity index (χ4v) is 4.97. The van der Waals surface area contributed by atoms with Gasteiger partial charge in [0.1, 0.15) is 0 Å². The lowest BCUT2D eigenvalue weighted by Crippen LogP contribution is -2.15. The molecule has 0 spiro atoms. The minimum absolute atomic E-state index is 0.0405. The molecule has 3 aromatic rings. The smallest absolute Gasteiger partial charge is 0.280 e. The summed E-state index contributed by atoms with van der Waals surface area (Å²) in [6.45, 7) is 1.45. The van der Waals surface area contributed by atoms with E-state index in [9.17, 15) is 40.1 Å². The second-order valence-corrected chi connectivity index (χ2v) is 10.4. The number of sulfonamides is 2. The zero-order valence-electron chi connectivity index (χ0n) is 17.2. The summed E-state index contributed by atoms with van der Waals surface area (Å²) in [5.74, 6) is 0. The number of nitro groups is 1. The van der Waals surface area contributed by atoms with Gasteiger partial charge in [-0.25, -0.2) is 16.8 Å². The fourth-order valence-electron chi connectivity index (χ4n) is 2.84. The fraction of sp³-hybridized carbons (Fsp3) is 0.100. The molecule has 14 heteroatoms. The number of rotatable bonds is 7. The molecule has 0 fully saturated rings. The summed E-state index contributed by atoms with van der Waals surface area (Å²) in [6.07, 6.45) is -4.65. The third kappa shape index (κ3) is 5.63. The van der Waals surface area contributed by atoms with Crippen LogP contribution in [0.5, 0.6) is 0 Å². The SMILES string of the molecule is Cc1ccc(S(=O)(=O)Nc2ccc(S(=O)(=O)Nc3cccc(C(F)(F)F)c3)cc2)cc1[N+](=O)[O-]. The van der Waals surface area contributed by atoms with E-state index in [0.717, 1.165) is 48.5 Å². The lowest BCUT2D eigenvalue weighted by Gasteiger charge is -2.12.